The second-order valence-electron chi connectivity index (χ2n) is 4.37. The van der Waals surface area contributed by atoms with E-state index in [9.17, 15) is 13.2 Å². The molecule has 1 amide bonds. The zero-order valence-corrected chi connectivity index (χ0v) is 11.8. The Hall–Kier alpha value is -2.19. The summed E-state index contributed by atoms with van der Waals surface area (Å²) in [5, 5.41) is 7.73. The smallest absolute Gasteiger partial charge is 0.273 e. The number of amides is 1. The normalized spacial score (nSPS) is 11.3. The molecule has 2 rings (SSSR count). The molecule has 0 saturated carbocycles. The molecule has 0 bridgehead atoms. The number of hydrogen-bond acceptors (Lipinski definition) is 4. The molecule has 0 unspecified atom stereocenters. The van der Waals surface area contributed by atoms with Crippen molar-refractivity contribution >= 4 is 21.6 Å². The minimum absolute atomic E-state index is 0.0136. The number of carbonyl (C=O) groups is 1. The SMILES string of the molecule is Cc1ccc(NC(=O)c2cncn2C)cc1S(N)(=O)=O. The largest absolute Gasteiger partial charge is 0.330 e. The summed E-state index contributed by atoms with van der Waals surface area (Å²) >= 11 is 0. The lowest BCUT2D eigenvalue weighted by Crippen LogP contribution is -2.17. The van der Waals surface area contributed by atoms with Crippen LogP contribution < -0.4 is 10.5 Å². The number of aromatic nitrogens is 2. The number of benzene rings is 1. The van der Waals surface area contributed by atoms with Gasteiger partial charge in [0.05, 0.1) is 17.4 Å². The van der Waals surface area contributed by atoms with Gasteiger partial charge in [0.2, 0.25) is 10.0 Å². The van der Waals surface area contributed by atoms with E-state index in [4.69, 9.17) is 5.14 Å². The van der Waals surface area contributed by atoms with Crippen LogP contribution in [0, 0.1) is 6.92 Å². The molecule has 1 aromatic carbocycles. The number of anilines is 1. The molecule has 3 N–H and O–H groups in total. The number of nitrogens with zero attached hydrogens (tertiary/aromatic N) is 2. The maximum atomic E-state index is 12.0. The van der Waals surface area contributed by atoms with Gasteiger partial charge in [-0.15, -0.1) is 0 Å². The first kappa shape index (κ1) is 14.2. The molecular weight excluding hydrogens is 280 g/mol. The Bertz CT molecular complexity index is 765. The van der Waals surface area contributed by atoms with Crippen LogP contribution in [0.1, 0.15) is 16.1 Å². The Morgan fingerprint density at radius 2 is 2.10 bits per heavy atom. The van der Waals surface area contributed by atoms with E-state index in [0.717, 1.165) is 0 Å². The number of sulfonamides is 1. The number of aryl methyl sites for hydroxylation is 2. The van der Waals surface area contributed by atoms with Gasteiger partial charge in [-0.2, -0.15) is 0 Å². The van der Waals surface area contributed by atoms with Crippen molar-refractivity contribution in [3.05, 3.63) is 42.0 Å². The number of nitrogens with two attached hydrogens (primary N) is 1. The lowest BCUT2D eigenvalue weighted by atomic mass is 10.2. The molecule has 2 aromatic rings. The molecule has 0 aliphatic rings. The number of imidazole rings is 1. The standard InChI is InChI=1S/C12H14N4O3S/c1-8-3-4-9(5-11(8)20(13,18)19)15-12(17)10-6-14-7-16(10)2/h3-7H,1-2H3,(H,15,17)(H2,13,18,19). The summed E-state index contributed by atoms with van der Waals surface area (Å²) in [6, 6.07) is 4.52. The Morgan fingerprint density at radius 3 is 2.65 bits per heavy atom. The highest BCUT2D eigenvalue weighted by Crippen LogP contribution is 2.19. The highest BCUT2D eigenvalue weighted by Gasteiger charge is 2.14. The zero-order valence-electron chi connectivity index (χ0n) is 11.0. The highest BCUT2D eigenvalue weighted by atomic mass is 32.2. The molecule has 0 atom stereocenters. The third-order valence-corrected chi connectivity index (χ3v) is 3.85. The summed E-state index contributed by atoms with van der Waals surface area (Å²) in [4.78, 5) is 15.8. The molecule has 0 aliphatic heterocycles. The number of primary sulfonamides is 1. The summed E-state index contributed by atoms with van der Waals surface area (Å²) in [5.74, 6) is -0.380. The summed E-state index contributed by atoms with van der Waals surface area (Å²) in [6.07, 6.45) is 2.92. The first-order chi connectivity index (χ1) is 9.29. The number of nitrogens with one attached hydrogen (secondary N) is 1. The molecule has 1 aromatic heterocycles. The highest BCUT2D eigenvalue weighted by molar-refractivity contribution is 7.89. The van der Waals surface area contributed by atoms with E-state index in [1.54, 1.807) is 30.7 Å². The monoisotopic (exact) mass is 294 g/mol. The Kier molecular flexibility index (Phi) is 3.60. The molecule has 106 valence electrons. The van der Waals surface area contributed by atoms with Gasteiger partial charge in [-0.1, -0.05) is 6.07 Å². The van der Waals surface area contributed by atoms with E-state index in [0.29, 0.717) is 16.9 Å². The molecular formula is C12H14N4O3S. The van der Waals surface area contributed by atoms with Crippen molar-refractivity contribution in [1.82, 2.24) is 9.55 Å². The minimum Gasteiger partial charge on any atom is -0.330 e. The second-order valence-corrected chi connectivity index (χ2v) is 5.90. The summed E-state index contributed by atoms with van der Waals surface area (Å²) in [7, 11) is -2.14. The van der Waals surface area contributed by atoms with Crippen molar-refractivity contribution in [3.8, 4) is 0 Å². The molecule has 0 radical (unpaired) electrons. The van der Waals surface area contributed by atoms with Crippen LogP contribution in [-0.4, -0.2) is 23.9 Å². The van der Waals surface area contributed by atoms with E-state index in [1.165, 1.54) is 18.6 Å². The zero-order chi connectivity index (χ0) is 14.9. The van der Waals surface area contributed by atoms with Crippen LogP contribution >= 0.6 is 0 Å². The second kappa shape index (κ2) is 5.06. The topological polar surface area (TPSA) is 107 Å². The van der Waals surface area contributed by atoms with Gasteiger partial charge in [-0.05, 0) is 24.6 Å². The fourth-order valence-corrected chi connectivity index (χ4v) is 2.56. The molecule has 0 aliphatic carbocycles. The van der Waals surface area contributed by atoms with Gasteiger partial charge in [0.15, 0.2) is 0 Å². The maximum absolute atomic E-state index is 12.0. The van der Waals surface area contributed by atoms with E-state index in [-0.39, 0.29) is 10.8 Å². The summed E-state index contributed by atoms with van der Waals surface area (Å²) < 4.78 is 24.4. The van der Waals surface area contributed by atoms with Crippen molar-refractivity contribution in [2.24, 2.45) is 12.2 Å². The fraction of sp³-hybridized carbons (Fsp3) is 0.167. The average molecular weight is 294 g/mol. The van der Waals surface area contributed by atoms with Gasteiger partial charge in [-0.3, -0.25) is 4.79 Å². The Morgan fingerprint density at radius 1 is 1.40 bits per heavy atom. The first-order valence-electron chi connectivity index (χ1n) is 5.70. The van der Waals surface area contributed by atoms with Crippen molar-refractivity contribution in [2.45, 2.75) is 11.8 Å². The maximum Gasteiger partial charge on any atom is 0.273 e. The van der Waals surface area contributed by atoms with Gasteiger partial charge >= 0.3 is 0 Å². The van der Waals surface area contributed by atoms with E-state index >= 15 is 0 Å². The molecule has 8 heteroatoms. The van der Waals surface area contributed by atoms with Gasteiger partial charge in [0, 0.05) is 12.7 Å². The van der Waals surface area contributed by atoms with Gasteiger partial charge in [0.25, 0.3) is 5.91 Å². The van der Waals surface area contributed by atoms with Crippen molar-refractivity contribution in [3.63, 3.8) is 0 Å². The average Bonchev–Trinajstić information content (AvgIpc) is 2.76. The van der Waals surface area contributed by atoms with Crippen LogP contribution in [0.3, 0.4) is 0 Å². The quantitative estimate of drug-likeness (QED) is 0.865. The number of hydrogen-bond donors (Lipinski definition) is 2. The summed E-state index contributed by atoms with van der Waals surface area (Å²) in [6.45, 7) is 1.63. The lowest BCUT2D eigenvalue weighted by molar-refractivity contribution is 0.101. The lowest BCUT2D eigenvalue weighted by Gasteiger charge is -2.09. The number of rotatable bonds is 3. The minimum atomic E-state index is -3.82. The van der Waals surface area contributed by atoms with E-state index < -0.39 is 10.0 Å². The van der Waals surface area contributed by atoms with Crippen LogP contribution in [0.4, 0.5) is 5.69 Å². The molecule has 0 spiro atoms. The van der Waals surface area contributed by atoms with Crippen molar-refractivity contribution < 1.29 is 13.2 Å². The summed E-state index contributed by atoms with van der Waals surface area (Å²) in [5.41, 5.74) is 1.24. The molecule has 1 heterocycles. The van der Waals surface area contributed by atoms with Crippen LogP contribution in [-0.2, 0) is 17.1 Å². The number of carbonyl (C=O) groups excluding carboxylic acids is 1. The van der Waals surface area contributed by atoms with Crippen LogP contribution in [0.15, 0.2) is 35.6 Å². The van der Waals surface area contributed by atoms with Crippen LogP contribution in [0.2, 0.25) is 0 Å². The Labute approximate surface area is 116 Å². The predicted octanol–water partition coefficient (Wildman–Crippen LogP) is 0.628. The van der Waals surface area contributed by atoms with Crippen molar-refractivity contribution in [2.75, 3.05) is 5.32 Å². The Balaban J connectivity index is 2.32. The molecule has 20 heavy (non-hydrogen) atoms. The van der Waals surface area contributed by atoms with Crippen LogP contribution in [0.25, 0.3) is 0 Å². The third kappa shape index (κ3) is 2.86. The predicted molar refractivity (Wildman–Crippen MR) is 73.7 cm³/mol. The van der Waals surface area contributed by atoms with Gasteiger partial charge < -0.3 is 9.88 Å². The van der Waals surface area contributed by atoms with Crippen LogP contribution in [0.5, 0.6) is 0 Å². The molecule has 0 fully saturated rings. The first-order valence-corrected chi connectivity index (χ1v) is 7.25. The van der Waals surface area contributed by atoms with Crippen molar-refractivity contribution in [1.29, 1.82) is 0 Å². The van der Waals surface area contributed by atoms with E-state index in [1.807, 2.05) is 0 Å². The molecule has 0 saturated heterocycles. The van der Waals surface area contributed by atoms with E-state index in [2.05, 4.69) is 10.3 Å². The van der Waals surface area contributed by atoms with Gasteiger partial charge in [-0.25, -0.2) is 18.5 Å². The fourth-order valence-electron chi connectivity index (χ4n) is 1.76. The van der Waals surface area contributed by atoms with Gasteiger partial charge in [0.1, 0.15) is 5.69 Å². The third-order valence-electron chi connectivity index (χ3n) is 2.80. The molecule has 7 nitrogen and oxygen atoms in total.